The van der Waals surface area contributed by atoms with E-state index in [2.05, 4.69) is 78.4 Å². The molecule has 2 unspecified atom stereocenters. The van der Waals surface area contributed by atoms with E-state index >= 15 is 0 Å². The topological polar surface area (TPSA) is 95.1 Å². The number of benzene rings is 2. The lowest BCUT2D eigenvalue weighted by atomic mass is 10.1. The lowest BCUT2D eigenvalue weighted by molar-refractivity contribution is 0.183. The summed E-state index contributed by atoms with van der Waals surface area (Å²) in [5.74, 6) is 0.329. The summed E-state index contributed by atoms with van der Waals surface area (Å²) in [6.45, 7) is 23.4. The van der Waals surface area contributed by atoms with E-state index in [-0.39, 0.29) is 33.8 Å². The Balaban J connectivity index is 2.12. The minimum absolute atomic E-state index is 0.0667. The van der Waals surface area contributed by atoms with Gasteiger partial charge >= 0.3 is 10.4 Å². The van der Waals surface area contributed by atoms with Crippen molar-refractivity contribution in [1.29, 1.82) is 0 Å². The molecule has 2 rings (SSSR count). The summed E-state index contributed by atoms with van der Waals surface area (Å²) < 4.78 is 49.1. The third-order valence-corrected chi connectivity index (χ3v) is 17.9. The van der Waals surface area contributed by atoms with Gasteiger partial charge < -0.3 is 27.9 Å². The average molecular weight is 625 g/mol. The van der Waals surface area contributed by atoms with Gasteiger partial charge in [0.1, 0.15) is 11.5 Å². The summed E-state index contributed by atoms with van der Waals surface area (Å²) in [4.78, 5) is 0. The molecule has 41 heavy (non-hydrogen) atoms. The second kappa shape index (κ2) is 13.7. The van der Waals surface area contributed by atoms with E-state index in [4.69, 9.17) is 17.2 Å². The van der Waals surface area contributed by atoms with Gasteiger partial charge in [0.25, 0.3) is 0 Å². The second-order valence-electron chi connectivity index (χ2n) is 13.6. The molecule has 232 valence electrons. The Morgan fingerprint density at radius 1 is 0.634 bits per heavy atom. The van der Waals surface area contributed by atoms with E-state index in [1.54, 1.807) is 24.3 Å². The first-order valence-electron chi connectivity index (χ1n) is 14.2. The Hall–Kier alpha value is -1.74. The van der Waals surface area contributed by atoms with Crippen LogP contribution < -0.4 is 19.0 Å². The van der Waals surface area contributed by atoms with Crippen LogP contribution in [0.4, 0.5) is 0 Å². The molecule has 8 nitrogen and oxygen atoms in total. The molecule has 0 amide bonds. The summed E-state index contributed by atoms with van der Waals surface area (Å²) >= 11 is 0. The molecule has 2 atom stereocenters. The van der Waals surface area contributed by atoms with Crippen molar-refractivity contribution in [3.63, 3.8) is 0 Å². The monoisotopic (exact) mass is 624 g/mol. The molecule has 0 fully saturated rings. The molecule has 0 heterocycles. The molecule has 0 saturated carbocycles. The van der Waals surface area contributed by atoms with Gasteiger partial charge in [-0.15, -0.1) is 8.42 Å². The molecular weight excluding hydrogens is 573 g/mol. The van der Waals surface area contributed by atoms with Gasteiger partial charge in [0.2, 0.25) is 0 Å². The zero-order chi connectivity index (χ0) is 31.3. The number of hydrogen-bond acceptors (Lipinski definition) is 8. The molecule has 0 spiro atoms. The highest BCUT2D eigenvalue weighted by Gasteiger charge is 2.40. The van der Waals surface area contributed by atoms with Gasteiger partial charge in [0.15, 0.2) is 16.6 Å². The fourth-order valence-corrected chi connectivity index (χ4v) is 6.92. The molecule has 2 N–H and O–H groups in total. The highest BCUT2D eigenvalue weighted by Crippen LogP contribution is 2.41. The molecule has 11 heteroatoms. The number of likely N-dealkylation sites (N-methyl/N-ethyl adjacent to an activating group) is 2. The zero-order valence-electron chi connectivity index (χ0n) is 27.0. The van der Waals surface area contributed by atoms with Gasteiger partial charge in [-0.05, 0) is 85.8 Å². The van der Waals surface area contributed by atoms with E-state index in [1.807, 2.05) is 38.4 Å². The molecule has 0 saturated heterocycles. The molecule has 0 radical (unpaired) electrons. The summed E-state index contributed by atoms with van der Waals surface area (Å²) in [6.07, 6.45) is -0.317. The van der Waals surface area contributed by atoms with Crippen LogP contribution in [0.3, 0.4) is 0 Å². The van der Waals surface area contributed by atoms with Crippen molar-refractivity contribution in [2.45, 2.75) is 90.0 Å². The smallest absolute Gasteiger partial charge is 0.409 e. The Bertz CT molecular complexity index is 1120. The summed E-state index contributed by atoms with van der Waals surface area (Å²) in [6, 6.07) is 13.8. The predicted octanol–water partition coefficient (Wildman–Crippen LogP) is 6.95. The van der Waals surface area contributed by atoms with Crippen LogP contribution in [-0.4, -0.2) is 52.2 Å². The van der Waals surface area contributed by atoms with E-state index < -0.39 is 27.0 Å². The first kappa shape index (κ1) is 35.5. The van der Waals surface area contributed by atoms with E-state index in [0.29, 0.717) is 13.1 Å². The molecule has 0 aliphatic heterocycles. The maximum atomic E-state index is 12.7. The van der Waals surface area contributed by atoms with Crippen molar-refractivity contribution in [1.82, 2.24) is 10.6 Å². The maximum absolute atomic E-state index is 12.7. The van der Waals surface area contributed by atoms with Gasteiger partial charge in [0.05, 0.1) is 12.2 Å². The van der Waals surface area contributed by atoms with Crippen LogP contribution in [-0.2, 0) is 19.3 Å². The van der Waals surface area contributed by atoms with Crippen molar-refractivity contribution in [2.24, 2.45) is 0 Å². The van der Waals surface area contributed by atoms with E-state index in [0.717, 1.165) is 11.1 Å². The average Bonchev–Trinajstić information content (AvgIpc) is 2.82. The molecule has 2 aromatic rings. The maximum Gasteiger partial charge on any atom is 0.500 e. The standard InChI is InChI=1S/C30H52N2O6SSi2/c1-29(2,3)40(9,10)37-27(21-31-7)23-13-17-25(18-14-23)35-39(33,34)36-26-19-15-24(16-20-26)28(22-32-8)38-41(11,12)30(4,5)6/h13-20,27-28,31-32H,21-22H2,1-12H3. The van der Waals surface area contributed by atoms with Crippen LogP contribution in [0.25, 0.3) is 0 Å². The first-order chi connectivity index (χ1) is 18.7. The number of rotatable bonds is 14. The van der Waals surface area contributed by atoms with Crippen LogP contribution in [0.5, 0.6) is 11.5 Å². The van der Waals surface area contributed by atoms with Crippen LogP contribution in [0, 0.1) is 0 Å². The van der Waals surface area contributed by atoms with Gasteiger partial charge in [-0.2, -0.15) is 0 Å². The van der Waals surface area contributed by atoms with Crippen LogP contribution in [0.15, 0.2) is 48.5 Å². The summed E-state index contributed by atoms with van der Waals surface area (Å²) in [5.41, 5.74) is 1.89. The largest absolute Gasteiger partial charge is 0.500 e. The van der Waals surface area contributed by atoms with Gasteiger partial charge in [-0.25, -0.2) is 0 Å². The SMILES string of the molecule is CNCC(O[Si](C)(C)C(C)(C)C)c1ccc(OS(=O)(=O)Oc2ccc(C(CNC)O[Si](C)(C)C(C)(C)C)cc2)cc1. The van der Waals surface area contributed by atoms with Crippen molar-refractivity contribution in [2.75, 3.05) is 27.2 Å². The Kier molecular flexibility index (Phi) is 11.9. The summed E-state index contributed by atoms with van der Waals surface area (Å²) in [7, 11) is -4.60. The van der Waals surface area contributed by atoms with Crippen molar-refractivity contribution in [3.05, 3.63) is 59.7 Å². The third kappa shape index (κ3) is 10.2. The minimum atomic E-state index is -4.34. The first-order valence-corrected chi connectivity index (χ1v) is 21.3. The van der Waals surface area contributed by atoms with Crippen molar-refractivity contribution < 1.29 is 25.6 Å². The Labute approximate surface area is 251 Å². The molecule has 0 aliphatic rings. The minimum Gasteiger partial charge on any atom is -0.409 e. The zero-order valence-corrected chi connectivity index (χ0v) is 29.9. The molecule has 2 aromatic carbocycles. The van der Waals surface area contributed by atoms with Crippen LogP contribution in [0.1, 0.15) is 64.9 Å². The van der Waals surface area contributed by atoms with E-state index in [9.17, 15) is 8.42 Å². The normalized spacial score (nSPS) is 14.9. The van der Waals surface area contributed by atoms with Gasteiger partial charge in [-0.1, -0.05) is 65.8 Å². The van der Waals surface area contributed by atoms with Crippen molar-refractivity contribution in [3.8, 4) is 11.5 Å². The van der Waals surface area contributed by atoms with Gasteiger partial charge in [0, 0.05) is 13.1 Å². The highest BCUT2D eigenvalue weighted by molar-refractivity contribution is 7.82. The fraction of sp³-hybridized carbons (Fsp3) is 0.600. The lowest BCUT2D eigenvalue weighted by Crippen LogP contribution is -2.43. The number of nitrogens with one attached hydrogen (secondary N) is 2. The third-order valence-electron chi connectivity index (χ3n) is 8.17. The lowest BCUT2D eigenvalue weighted by Gasteiger charge is -2.39. The van der Waals surface area contributed by atoms with Crippen LogP contribution in [0.2, 0.25) is 36.3 Å². The van der Waals surface area contributed by atoms with Gasteiger partial charge in [-0.3, -0.25) is 0 Å². The Morgan fingerprint density at radius 3 is 1.17 bits per heavy atom. The van der Waals surface area contributed by atoms with Crippen LogP contribution >= 0.6 is 0 Å². The second-order valence-corrected chi connectivity index (χ2v) is 24.2. The molecule has 0 aromatic heterocycles. The predicted molar refractivity (Wildman–Crippen MR) is 173 cm³/mol. The molecule has 0 bridgehead atoms. The Morgan fingerprint density at radius 2 is 0.927 bits per heavy atom. The molecule has 0 aliphatic carbocycles. The molecular formula is C30H52N2O6SSi2. The number of hydrogen-bond donors (Lipinski definition) is 2. The van der Waals surface area contributed by atoms with E-state index in [1.165, 1.54) is 0 Å². The fourth-order valence-electron chi connectivity index (χ4n) is 3.62. The summed E-state index contributed by atoms with van der Waals surface area (Å²) in [5, 5.41) is 6.53. The quantitative estimate of drug-likeness (QED) is 0.218. The van der Waals surface area contributed by atoms with Crippen molar-refractivity contribution >= 4 is 27.0 Å². The highest BCUT2D eigenvalue weighted by atomic mass is 32.3.